The van der Waals surface area contributed by atoms with E-state index < -0.39 is 17.6 Å². The van der Waals surface area contributed by atoms with Gasteiger partial charge in [0.2, 0.25) is 0 Å². The third-order valence-corrected chi connectivity index (χ3v) is 4.34. The number of hydrogen-bond donors (Lipinski definition) is 1. The lowest BCUT2D eigenvalue weighted by Crippen LogP contribution is -2.41. The molecule has 1 saturated carbocycles. The number of carbonyl (C=O) groups excluding carboxylic acids is 1. The Morgan fingerprint density at radius 3 is 2.42 bits per heavy atom. The highest BCUT2D eigenvalue weighted by Crippen LogP contribution is 2.29. The van der Waals surface area contributed by atoms with Crippen LogP contribution in [0.2, 0.25) is 0 Å². The first-order valence-electron chi connectivity index (χ1n) is 7.91. The highest BCUT2D eigenvalue weighted by atomic mass is 19.4. The maximum Gasteiger partial charge on any atom is 0.416 e. The number of halogens is 3. The minimum atomic E-state index is -4.41. The first kappa shape index (κ1) is 18.1. The van der Waals surface area contributed by atoms with Crippen molar-refractivity contribution in [3.05, 3.63) is 41.0 Å². The van der Waals surface area contributed by atoms with Gasteiger partial charge in [-0.15, -0.1) is 0 Å². The SMILES string of the molecule is C[C@@H]1CCCC[C@H]1NC(=O)/C(C#N)=C\c1ccc(C(F)(F)F)cc1. The van der Waals surface area contributed by atoms with Crippen LogP contribution in [0.25, 0.3) is 6.08 Å². The van der Waals surface area contributed by atoms with Crippen molar-refractivity contribution in [3.8, 4) is 6.07 Å². The number of benzene rings is 1. The van der Waals surface area contributed by atoms with E-state index in [0.717, 1.165) is 37.8 Å². The second kappa shape index (κ2) is 7.52. The Labute approximate surface area is 139 Å². The molecule has 2 rings (SSSR count). The molecule has 0 heterocycles. The van der Waals surface area contributed by atoms with Gasteiger partial charge in [0.1, 0.15) is 11.6 Å². The fraction of sp³-hybridized carbons (Fsp3) is 0.444. The molecule has 1 aromatic carbocycles. The zero-order chi connectivity index (χ0) is 17.7. The molecule has 0 aromatic heterocycles. The number of nitrogens with one attached hydrogen (secondary N) is 1. The average molecular weight is 336 g/mol. The van der Waals surface area contributed by atoms with Crippen molar-refractivity contribution in [2.75, 3.05) is 0 Å². The number of nitrogens with zero attached hydrogens (tertiary/aromatic N) is 1. The zero-order valence-electron chi connectivity index (χ0n) is 13.4. The molecule has 0 saturated heterocycles. The summed E-state index contributed by atoms with van der Waals surface area (Å²) in [4.78, 5) is 12.2. The minimum absolute atomic E-state index is 0.0376. The van der Waals surface area contributed by atoms with Crippen molar-refractivity contribution < 1.29 is 18.0 Å². The molecule has 0 aliphatic heterocycles. The highest BCUT2D eigenvalue weighted by Gasteiger charge is 2.30. The normalized spacial score (nSPS) is 21.9. The van der Waals surface area contributed by atoms with Crippen LogP contribution in [0.1, 0.15) is 43.7 Å². The number of carbonyl (C=O) groups is 1. The van der Waals surface area contributed by atoms with Gasteiger partial charge in [-0.1, -0.05) is 31.9 Å². The van der Waals surface area contributed by atoms with E-state index in [0.29, 0.717) is 11.5 Å². The molecule has 0 radical (unpaired) electrons. The summed E-state index contributed by atoms with van der Waals surface area (Å²) < 4.78 is 37.6. The molecule has 1 aromatic rings. The van der Waals surface area contributed by atoms with Crippen molar-refractivity contribution in [3.63, 3.8) is 0 Å². The van der Waals surface area contributed by atoms with E-state index in [9.17, 15) is 23.2 Å². The summed E-state index contributed by atoms with van der Waals surface area (Å²) in [7, 11) is 0. The van der Waals surface area contributed by atoms with E-state index in [4.69, 9.17) is 0 Å². The van der Waals surface area contributed by atoms with E-state index in [1.807, 2.05) is 6.07 Å². The summed E-state index contributed by atoms with van der Waals surface area (Å²) in [5.41, 5.74) is -0.488. The topological polar surface area (TPSA) is 52.9 Å². The predicted molar refractivity (Wildman–Crippen MR) is 84.6 cm³/mol. The van der Waals surface area contributed by atoms with Crippen molar-refractivity contribution in [1.82, 2.24) is 5.32 Å². The van der Waals surface area contributed by atoms with E-state index in [1.165, 1.54) is 18.2 Å². The minimum Gasteiger partial charge on any atom is -0.348 e. The fourth-order valence-electron chi connectivity index (χ4n) is 2.86. The number of amides is 1. The number of alkyl halides is 3. The van der Waals surface area contributed by atoms with Crippen molar-refractivity contribution in [2.24, 2.45) is 5.92 Å². The van der Waals surface area contributed by atoms with E-state index in [-0.39, 0.29) is 11.6 Å². The molecule has 128 valence electrons. The van der Waals surface area contributed by atoms with Crippen LogP contribution in [0.5, 0.6) is 0 Å². The van der Waals surface area contributed by atoms with E-state index in [2.05, 4.69) is 12.2 Å². The lowest BCUT2D eigenvalue weighted by atomic mass is 9.86. The van der Waals surface area contributed by atoms with Crippen LogP contribution >= 0.6 is 0 Å². The molecule has 1 N–H and O–H groups in total. The Balaban J connectivity index is 2.11. The molecule has 0 unspecified atom stereocenters. The molecule has 24 heavy (non-hydrogen) atoms. The van der Waals surface area contributed by atoms with Crippen LogP contribution in [-0.4, -0.2) is 11.9 Å². The van der Waals surface area contributed by atoms with Gasteiger partial charge in [0.15, 0.2) is 0 Å². The van der Waals surface area contributed by atoms with Crippen LogP contribution in [-0.2, 0) is 11.0 Å². The van der Waals surface area contributed by atoms with Crippen LogP contribution < -0.4 is 5.32 Å². The average Bonchev–Trinajstić information content (AvgIpc) is 2.54. The van der Waals surface area contributed by atoms with Gasteiger partial charge in [-0.3, -0.25) is 4.79 Å². The summed E-state index contributed by atoms with van der Waals surface area (Å²) in [6, 6.07) is 6.22. The zero-order valence-corrected chi connectivity index (χ0v) is 13.4. The summed E-state index contributed by atoms with van der Waals surface area (Å²) in [5.74, 6) is -0.121. The lowest BCUT2D eigenvalue weighted by molar-refractivity contribution is -0.137. The Bertz CT molecular complexity index is 656. The van der Waals surface area contributed by atoms with Gasteiger partial charge >= 0.3 is 6.18 Å². The molecular formula is C18H19F3N2O. The molecule has 0 spiro atoms. The maximum absolute atomic E-state index is 12.5. The van der Waals surface area contributed by atoms with Crippen molar-refractivity contribution in [2.45, 2.75) is 44.8 Å². The Morgan fingerprint density at radius 2 is 1.88 bits per heavy atom. The van der Waals surface area contributed by atoms with Crippen molar-refractivity contribution >= 4 is 12.0 Å². The molecule has 3 nitrogen and oxygen atoms in total. The van der Waals surface area contributed by atoms with Gasteiger partial charge in [0.05, 0.1) is 5.56 Å². The first-order chi connectivity index (χ1) is 11.3. The summed E-state index contributed by atoms with van der Waals surface area (Å²) in [6.45, 7) is 2.07. The predicted octanol–water partition coefficient (Wildman–Crippen LogP) is 4.31. The molecule has 1 amide bonds. The molecular weight excluding hydrogens is 317 g/mol. The molecule has 0 bridgehead atoms. The number of nitriles is 1. The Morgan fingerprint density at radius 1 is 1.25 bits per heavy atom. The van der Waals surface area contributed by atoms with Gasteiger partial charge < -0.3 is 5.32 Å². The molecule has 6 heteroatoms. The van der Waals surface area contributed by atoms with Crippen LogP contribution in [0.4, 0.5) is 13.2 Å². The molecule has 1 aliphatic carbocycles. The van der Waals surface area contributed by atoms with Gasteiger partial charge in [0, 0.05) is 6.04 Å². The molecule has 1 aliphatic rings. The third-order valence-electron chi connectivity index (χ3n) is 4.34. The summed E-state index contributed by atoms with van der Waals surface area (Å²) >= 11 is 0. The van der Waals surface area contributed by atoms with Gasteiger partial charge in [-0.25, -0.2) is 0 Å². The Hall–Kier alpha value is -2.29. The lowest BCUT2D eigenvalue weighted by Gasteiger charge is -2.29. The molecule has 2 atom stereocenters. The largest absolute Gasteiger partial charge is 0.416 e. The van der Waals surface area contributed by atoms with E-state index >= 15 is 0 Å². The second-order valence-electron chi connectivity index (χ2n) is 6.13. The monoisotopic (exact) mass is 336 g/mol. The summed E-state index contributed by atoms with van der Waals surface area (Å²) in [5, 5.41) is 12.0. The Kier molecular flexibility index (Phi) is 5.66. The molecule has 1 fully saturated rings. The third kappa shape index (κ3) is 4.60. The second-order valence-corrected chi connectivity index (χ2v) is 6.13. The van der Waals surface area contributed by atoms with Crippen LogP contribution in [0, 0.1) is 17.2 Å². The van der Waals surface area contributed by atoms with Gasteiger partial charge in [0.25, 0.3) is 5.91 Å². The number of rotatable bonds is 3. The highest BCUT2D eigenvalue weighted by molar-refractivity contribution is 6.01. The number of hydrogen-bond acceptors (Lipinski definition) is 2. The van der Waals surface area contributed by atoms with Crippen molar-refractivity contribution in [1.29, 1.82) is 5.26 Å². The maximum atomic E-state index is 12.5. The smallest absolute Gasteiger partial charge is 0.348 e. The quantitative estimate of drug-likeness (QED) is 0.661. The van der Waals surface area contributed by atoms with E-state index in [1.54, 1.807) is 0 Å². The fourth-order valence-corrected chi connectivity index (χ4v) is 2.86. The standard InChI is InChI=1S/C18H19F3N2O/c1-12-4-2-3-5-16(12)23-17(24)14(11-22)10-13-6-8-15(9-7-13)18(19,20)21/h6-10,12,16H,2-5H2,1H3,(H,23,24)/b14-10-/t12-,16-/m1/s1. The van der Waals surface area contributed by atoms with Gasteiger partial charge in [-0.2, -0.15) is 18.4 Å². The first-order valence-corrected chi connectivity index (χ1v) is 7.91. The van der Waals surface area contributed by atoms with Crippen LogP contribution in [0.3, 0.4) is 0 Å². The van der Waals surface area contributed by atoms with Crippen LogP contribution in [0.15, 0.2) is 29.8 Å². The summed E-state index contributed by atoms with van der Waals surface area (Å²) in [6.07, 6.45) is 0.999. The van der Waals surface area contributed by atoms with Gasteiger partial charge in [-0.05, 0) is 42.5 Å².